The number of hydrogen-bond donors (Lipinski definition) is 0. The Hall–Kier alpha value is -1.76. The second-order valence-electron chi connectivity index (χ2n) is 3.49. The molecule has 0 atom stereocenters. The highest BCUT2D eigenvalue weighted by molar-refractivity contribution is 9.10. The maximum Gasteiger partial charge on any atom is 0.293 e. The molecule has 0 fully saturated rings. The number of hydrogen-bond acceptors (Lipinski definition) is 4. The fourth-order valence-corrected chi connectivity index (χ4v) is 1.81. The predicted octanol–water partition coefficient (Wildman–Crippen LogP) is 1.90. The van der Waals surface area contributed by atoms with Crippen molar-refractivity contribution in [1.29, 1.82) is 0 Å². The Bertz CT molecular complexity index is 542. The molecule has 0 saturated carbocycles. The molecule has 18 heavy (non-hydrogen) atoms. The lowest BCUT2D eigenvalue weighted by molar-refractivity contribution is -0.130. The number of halogens is 2. The third-order valence-corrected chi connectivity index (χ3v) is 2.78. The molecule has 0 saturated heterocycles. The summed E-state index contributed by atoms with van der Waals surface area (Å²) in [6, 6.07) is 6.11. The van der Waals surface area contributed by atoms with Gasteiger partial charge >= 0.3 is 0 Å². The highest BCUT2D eigenvalue weighted by atomic mass is 79.9. The summed E-state index contributed by atoms with van der Waals surface area (Å²) < 4.78 is 19.4. The maximum absolute atomic E-state index is 12.8. The highest BCUT2D eigenvalue weighted by Gasteiger charge is 2.08. The van der Waals surface area contributed by atoms with E-state index in [1.165, 1.54) is 12.1 Å². The van der Waals surface area contributed by atoms with E-state index in [9.17, 15) is 9.18 Å². The van der Waals surface area contributed by atoms with Crippen LogP contribution in [-0.2, 0) is 22.7 Å². The van der Waals surface area contributed by atoms with Gasteiger partial charge in [-0.3, -0.25) is 4.79 Å². The van der Waals surface area contributed by atoms with E-state index in [-0.39, 0.29) is 12.4 Å². The highest BCUT2D eigenvalue weighted by Crippen LogP contribution is 2.11. The Morgan fingerprint density at radius 1 is 1.39 bits per heavy atom. The van der Waals surface area contributed by atoms with E-state index in [2.05, 4.69) is 30.7 Å². The number of carbonyl (C=O) groups is 1. The zero-order valence-corrected chi connectivity index (χ0v) is 10.8. The lowest BCUT2D eigenvalue weighted by Gasteiger charge is -2.02. The molecule has 0 unspecified atom stereocenters. The molecule has 2 aromatic rings. The molecule has 2 rings (SSSR count). The number of ether oxygens (including phenoxy) is 1. The second kappa shape index (κ2) is 5.72. The summed E-state index contributed by atoms with van der Waals surface area (Å²) in [6.45, 7) is 0.821. The van der Waals surface area contributed by atoms with Gasteiger partial charge in [0.1, 0.15) is 5.82 Å². The normalized spacial score (nSPS) is 10.3. The van der Waals surface area contributed by atoms with Crippen LogP contribution in [0.2, 0.25) is 0 Å². The van der Waals surface area contributed by atoms with E-state index >= 15 is 0 Å². The van der Waals surface area contributed by atoms with Crippen molar-refractivity contribution >= 4 is 22.4 Å². The average molecular weight is 314 g/mol. The third-order valence-electron chi connectivity index (χ3n) is 2.20. The van der Waals surface area contributed by atoms with Crippen LogP contribution in [0.5, 0.6) is 0 Å². The fourth-order valence-electron chi connectivity index (χ4n) is 1.40. The van der Waals surface area contributed by atoms with Crippen molar-refractivity contribution in [3.63, 3.8) is 0 Å². The van der Waals surface area contributed by atoms with E-state index in [0.29, 0.717) is 23.6 Å². The Labute approximate surface area is 111 Å². The van der Waals surface area contributed by atoms with Gasteiger partial charge in [-0.05, 0) is 33.6 Å². The van der Waals surface area contributed by atoms with Crippen LogP contribution >= 0.6 is 15.9 Å². The van der Waals surface area contributed by atoms with Crippen LogP contribution in [0.4, 0.5) is 4.39 Å². The summed E-state index contributed by atoms with van der Waals surface area (Å²) in [4.78, 5) is 14.1. The Morgan fingerprint density at radius 2 is 2.11 bits per heavy atom. The molecule has 0 aliphatic rings. The molecule has 1 aromatic carbocycles. The van der Waals surface area contributed by atoms with Gasteiger partial charge in [-0.1, -0.05) is 12.1 Å². The van der Waals surface area contributed by atoms with Crippen molar-refractivity contribution < 1.29 is 13.9 Å². The molecule has 7 heteroatoms. The van der Waals surface area contributed by atoms with E-state index in [4.69, 9.17) is 0 Å². The van der Waals surface area contributed by atoms with Gasteiger partial charge in [-0.15, -0.1) is 0 Å². The zero-order valence-electron chi connectivity index (χ0n) is 9.22. The molecule has 0 amide bonds. The number of carbonyl (C=O) groups excluding carboxylic acids is 1. The first-order chi connectivity index (χ1) is 8.69. The fraction of sp³-hybridized carbons (Fsp3) is 0.182. The van der Waals surface area contributed by atoms with Crippen molar-refractivity contribution in [2.45, 2.75) is 13.2 Å². The van der Waals surface area contributed by atoms with Gasteiger partial charge in [0.05, 0.1) is 6.54 Å². The number of rotatable bonds is 5. The number of benzene rings is 1. The largest absolute Gasteiger partial charge is 0.460 e. The van der Waals surface area contributed by atoms with Crippen LogP contribution in [0.25, 0.3) is 0 Å². The van der Waals surface area contributed by atoms with Crippen molar-refractivity contribution in [3.8, 4) is 0 Å². The number of nitrogens with zero attached hydrogens (tertiary/aromatic N) is 3. The van der Waals surface area contributed by atoms with Crippen LogP contribution in [0, 0.1) is 5.82 Å². The molecular weight excluding hydrogens is 305 g/mol. The van der Waals surface area contributed by atoms with E-state index < -0.39 is 0 Å². The van der Waals surface area contributed by atoms with Gasteiger partial charge in [-0.2, -0.15) is 5.10 Å². The van der Waals surface area contributed by atoms with Crippen LogP contribution in [0.3, 0.4) is 0 Å². The van der Waals surface area contributed by atoms with Crippen LogP contribution in [-0.4, -0.2) is 21.2 Å². The van der Waals surface area contributed by atoms with E-state index in [1.54, 1.807) is 16.8 Å². The minimum atomic E-state index is -0.281. The molecule has 1 heterocycles. The van der Waals surface area contributed by atoms with Crippen molar-refractivity contribution in [2.24, 2.45) is 0 Å². The Balaban J connectivity index is 2.11. The molecular formula is C11H9BrFN3O2. The standard InChI is InChI=1S/C11H9BrFN3O2/c12-11-14-10(6-18-7-17)15-16(11)5-8-1-3-9(13)4-2-8/h1-4,7H,5-6H2. The molecule has 0 radical (unpaired) electrons. The minimum Gasteiger partial charge on any atom is -0.460 e. The van der Waals surface area contributed by atoms with Crippen LogP contribution in [0.1, 0.15) is 11.4 Å². The topological polar surface area (TPSA) is 57.0 Å². The summed E-state index contributed by atoms with van der Waals surface area (Å²) in [6.07, 6.45) is 0. The Kier molecular flexibility index (Phi) is 4.03. The van der Waals surface area contributed by atoms with Crippen LogP contribution < -0.4 is 0 Å². The monoisotopic (exact) mass is 313 g/mol. The molecule has 94 valence electrons. The molecule has 1 aromatic heterocycles. The third kappa shape index (κ3) is 3.13. The second-order valence-corrected chi connectivity index (χ2v) is 4.20. The average Bonchev–Trinajstić information content (AvgIpc) is 2.70. The van der Waals surface area contributed by atoms with Crippen LogP contribution in [0.15, 0.2) is 29.0 Å². The molecule has 0 spiro atoms. The van der Waals surface area contributed by atoms with Gasteiger partial charge in [0.2, 0.25) is 0 Å². The SMILES string of the molecule is O=COCc1nc(Br)n(Cc2ccc(F)cc2)n1. The molecule has 0 aliphatic heterocycles. The first-order valence-electron chi connectivity index (χ1n) is 5.08. The Morgan fingerprint density at radius 3 is 2.78 bits per heavy atom. The molecule has 0 bridgehead atoms. The van der Waals surface area contributed by atoms with Crippen molar-refractivity contribution in [2.75, 3.05) is 0 Å². The summed E-state index contributed by atoms with van der Waals surface area (Å²) >= 11 is 3.25. The molecule has 0 N–H and O–H groups in total. The van der Waals surface area contributed by atoms with E-state index in [0.717, 1.165) is 5.56 Å². The molecule has 0 aliphatic carbocycles. The summed E-state index contributed by atoms with van der Waals surface area (Å²) in [5, 5.41) is 4.15. The van der Waals surface area contributed by atoms with Gasteiger partial charge in [0.15, 0.2) is 17.2 Å². The first kappa shape index (κ1) is 12.7. The van der Waals surface area contributed by atoms with Gasteiger partial charge < -0.3 is 4.74 Å². The van der Waals surface area contributed by atoms with Gasteiger partial charge in [0.25, 0.3) is 6.47 Å². The minimum absolute atomic E-state index is 0.0263. The number of aromatic nitrogens is 3. The van der Waals surface area contributed by atoms with Crippen molar-refractivity contribution in [3.05, 3.63) is 46.2 Å². The lowest BCUT2D eigenvalue weighted by atomic mass is 10.2. The molecule has 5 nitrogen and oxygen atoms in total. The predicted molar refractivity (Wildman–Crippen MR) is 64.1 cm³/mol. The zero-order chi connectivity index (χ0) is 13.0. The van der Waals surface area contributed by atoms with Gasteiger partial charge in [-0.25, -0.2) is 14.1 Å². The summed E-state index contributed by atoms with van der Waals surface area (Å²) in [7, 11) is 0. The van der Waals surface area contributed by atoms with Crippen molar-refractivity contribution in [1.82, 2.24) is 14.8 Å². The van der Waals surface area contributed by atoms with Gasteiger partial charge in [0, 0.05) is 0 Å². The summed E-state index contributed by atoms with van der Waals surface area (Å²) in [5.41, 5.74) is 0.893. The smallest absolute Gasteiger partial charge is 0.293 e. The first-order valence-corrected chi connectivity index (χ1v) is 5.87. The maximum atomic E-state index is 12.8. The summed E-state index contributed by atoms with van der Waals surface area (Å²) in [5.74, 6) is 0.118. The van der Waals surface area contributed by atoms with E-state index in [1.807, 2.05) is 0 Å². The quantitative estimate of drug-likeness (QED) is 0.791. The lowest BCUT2D eigenvalue weighted by Crippen LogP contribution is -2.03.